The molecule has 1 N–H and O–H groups in total. The van der Waals surface area contributed by atoms with E-state index in [9.17, 15) is 14.5 Å². The molecule has 0 aliphatic heterocycles. The zero-order valence-electron chi connectivity index (χ0n) is 9.04. The maximum absolute atomic E-state index is 13.2. The lowest BCUT2D eigenvalue weighted by Crippen LogP contribution is -2.16. The van der Waals surface area contributed by atoms with Gasteiger partial charge < -0.3 is 5.32 Å². The molecule has 6 heteroatoms. The molecular weight excluding hydrogens is 247 g/mol. The highest BCUT2D eigenvalue weighted by Crippen LogP contribution is 2.30. The normalized spacial score (nSPS) is 11.6. The fraction of sp³-hybridized carbons (Fsp3) is 0.273. The minimum absolute atomic E-state index is 0.0294. The predicted octanol–water partition coefficient (Wildman–Crippen LogP) is 3.21. The van der Waals surface area contributed by atoms with Gasteiger partial charge in [-0.2, -0.15) is 0 Å². The van der Waals surface area contributed by atoms with E-state index in [1.807, 2.05) is 6.92 Å². The lowest BCUT2D eigenvalue weighted by atomic mass is 10.2. The summed E-state index contributed by atoms with van der Waals surface area (Å²) in [7, 11) is 0. The van der Waals surface area contributed by atoms with E-state index >= 15 is 0 Å². The third kappa shape index (κ3) is 3.08. The molecule has 1 rings (SSSR count). The van der Waals surface area contributed by atoms with Crippen LogP contribution in [0.5, 0.6) is 0 Å². The van der Waals surface area contributed by atoms with Crippen molar-refractivity contribution in [3.05, 3.63) is 33.1 Å². The van der Waals surface area contributed by atoms with Crippen LogP contribution in [0.1, 0.15) is 13.3 Å². The Labute approximate surface area is 103 Å². The van der Waals surface area contributed by atoms with E-state index < -0.39 is 16.8 Å². The smallest absolute Gasteiger partial charge is 0.294 e. The summed E-state index contributed by atoms with van der Waals surface area (Å²) in [6, 6.07) is 1.54. The van der Waals surface area contributed by atoms with Gasteiger partial charge in [0.25, 0.3) is 5.69 Å². The van der Waals surface area contributed by atoms with Crippen molar-refractivity contribution in [3.8, 4) is 12.3 Å². The van der Waals surface area contributed by atoms with Gasteiger partial charge in [0.1, 0.15) is 11.5 Å². The SMILES string of the molecule is C#CC(CC)Nc1cc(F)c(Cl)cc1[N+](=O)[O-]. The Kier molecular flexibility index (Phi) is 4.30. The Balaban J connectivity index is 3.18. The molecule has 0 radical (unpaired) electrons. The van der Waals surface area contributed by atoms with Crippen LogP contribution in [-0.2, 0) is 0 Å². The van der Waals surface area contributed by atoms with Gasteiger partial charge in [0.15, 0.2) is 0 Å². The molecule has 17 heavy (non-hydrogen) atoms. The largest absolute Gasteiger partial charge is 0.366 e. The lowest BCUT2D eigenvalue weighted by Gasteiger charge is -2.12. The van der Waals surface area contributed by atoms with Gasteiger partial charge >= 0.3 is 0 Å². The summed E-state index contributed by atoms with van der Waals surface area (Å²) in [6.07, 6.45) is 5.79. The third-order valence-corrected chi connectivity index (χ3v) is 2.46. The van der Waals surface area contributed by atoms with Gasteiger partial charge in [0.2, 0.25) is 0 Å². The number of terminal acetylenes is 1. The Morgan fingerprint density at radius 3 is 2.82 bits per heavy atom. The van der Waals surface area contributed by atoms with Gasteiger partial charge in [0.05, 0.1) is 16.0 Å². The summed E-state index contributed by atoms with van der Waals surface area (Å²) in [5, 5.41) is 13.2. The van der Waals surface area contributed by atoms with Crippen LogP contribution in [0.2, 0.25) is 5.02 Å². The van der Waals surface area contributed by atoms with Crippen LogP contribution in [0.4, 0.5) is 15.8 Å². The van der Waals surface area contributed by atoms with Crippen molar-refractivity contribution in [3.63, 3.8) is 0 Å². The van der Waals surface area contributed by atoms with Crippen molar-refractivity contribution < 1.29 is 9.31 Å². The molecule has 1 aromatic carbocycles. The van der Waals surface area contributed by atoms with Crippen molar-refractivity contribution in [2.45, 2.75) is 19.4 Å². The number of anilines is 1. The Hall–Kier alpha value is -1.80. The molecule has 0 aliphatic rings. The first-order valence-corrected chi connectivity index (χ1v) is 5.23. The number of hydrogen-bond acceptors (Lipinski definition) is 3. The van der Waals surface area contributed by atoms with Gasteiger partial charge in [0, 0.05) is 12.1 Å². The summed E-state index contributed by atoms with van der Waals surface area (Å²) in [6.45, 7) is 1.82. The van der Waals surface area contributed by atoms with Gasteiger partial charge in [-0.1, -0.05) is 24.4 Å². The van der Waals surface area contributed by atoms with E-state index in [1.54, 1.807) is 0 Å². The first-order valence-electron chi connectivity index (χ1n) is 4.85. The highest BCUT2D eigenvalue weighted by molar-refractivity contribution is 6.31. The lowest BCUT2D eigenvalue weighted by molar-refractivity contribution is -0.384. The Morgan fingerprint density at radius 2 is 2.35 bits per heavy atom. The van der Waals surface area contributed by atoms with Crippen molar-refractivity contribution in [2.24, 2.45) is 0 Å². The molecule has 0 fully saturated rings. The number of nitrogens with zero attached hydrogens (tertiary/aromatic N) is 1. The minimum Gasteiger partial charge on any atom is -0.366 e. The molecule has 1 unspecified atom stereocenters. The van der Waals surface area contributed by atoms with Crippen molar-refractivity contribution in [1.29, 1.82) is 0 Å². The van der Waals surface area contributed by atoms with E-state index in [0.717, 1.165) is 12.1 Å². The second-order valence-corrected chi connectivity index (χ2v) is 3.72. The third-order valence-electron chi connectivity index (χ3n) is 2.17. The fourth-order valence-electron chi connectivity index (χ4n) is 1.25. The van der Waals surface area contributed by atoms with E-state index in [-0.39, 0.29) is 16.4 Å². The maximum atomic E-state index is 13.2. The van der Waals surface area contributed by atoms with Crippen molar-refractivity contribution in [1.82, 2.24) is 0 Å². The molecule has 1 atom stereocenters. The average molecular weight is 257 g/mol. The topological polar surface area (TPSA) is 55.2 Å². The number of nitro groups is 1. The summed E-state index contributed by atoms with van der Waals surface area (Å²) < 4.78 is 13.2. The average Bonchev–Trinajstić information content (AvgIpc) is 2.29. The highest BCUT2D eigenvalue weighted by Gasteiger charge is 2.19. The standard InChI is InChI=1S/C11H10ClFN2O2/c1-3-7(4-2)14-10-6-9(13)8(12)5-11(10)15(16)17/h1,5-7,14H,4H2,2H3. The van der Waals surface area contributed by atoms with Crippen LogP contribution in [0, 0.1) is 28.3 Å². The fourth-order valence-corrected chi connectivity index (χ4v) is 1.41. The van der Waals surface area contributed by atoms with Crippen molar-refractivity contribution >= 4 is 23.0 Å². The molecular formula is C11H10ClFN2O2. The van der Waals surface area contributed by atoms with E-state index in [2.05, 4.69) is 11.2 Å². The van der Waals surface area contributed by atoms with Crippen LogP contribution in [-0.4, -0.2) is 11.0 Å². The van der Waals surface area contributed by atoms with E-state index in [4.69, 9.17) is 18.0 Å². The Morgan fingerprint density at radius 1 is 1.71 bits per heavy atom. The zero-order chi connectivity index (χ0) is 13.0. The monoisotopic (exact) mass is 256 g/mol. The van der Waals surface area contributed by atoms with Crippen LogP contribution in [0.25, 0.3) is 0 Å². The second-order valence-electron chi connectivity index (χ2n) is 3.31. The summed E-state index contributed by atoms with van der Waals surface area (Å²) >= 11 is 5.49. The molecule has 0 heterocycles. The Bertz CT molecular complexity index is 485. The van der Waals surface area contributed by atoms with Crippen LogP contribution >= 0.6 is 11.6 Å². The number of halogens is 2. The molecule has 0 amide bonds. The van der Waals surface area contributed by atoms with Crippen LogP contribution < -0.4 is 5.32 Å². The van der Waals surface area contributed by atoms with Crippen LogP contribution in [0.15, 0.2) is 12.1 Å². The molecule has 0 aromatic heterocycles. The molecule has 1 aromatic rings. The van der Waals surface area contributed by atoms with E-state index in [1.165, 1.54) is 0 Å². The zero-order valence-corrected chi connectivity index (χ0v) is 9.79. The van der Waals surface area contributed by atoms with Gasteiger partial charge in [-0.05, 0) is 6.42 Å². The molecule has 90 valence electrons. The maximum Gasteiger partial charge on any atom is 0.294 e. The first kappa shape index (κ1) is 13.3. The molecule has 0 saturated carbocycles. The number of benzene rings is 1. The molecule has 0 bridgehead atoms. The summed E-state index contributed by atoms with van der Waals surface area (Å²) in [5.41, 5.74) is -0.271. The summed E-state index contributed by atoms with van der Waals surface area (Å²) in [4.78, 5) is 10.1. The van der Waals surface area contributed by atoms with Gasteiger partial charge in [-0.3, -0.25) is 10.1 Å². The van der Waals surface area contributed by atoms with Gasteiger partial charge in [-0.25, -0.2) is 4.39 Å². The van der Waals surface area contributed by atoms with Crippen molar-refractivity contribution in [2.75, 3.05) is 5.32 Å². The summed E-state index contributed by atoms with van der Waals surface area (Å²) in [5.74, 6) is 1.68. The quantitative estimate of drug-likeness (QED) is 0.511. The number of nitro benzene ring substituents is 1. The molecule has 0 aliphatic carbocycles. The number of hydrogen-bond donors (Lipinski definition) is 1. The van der Waals surface area contributed by atoms with Crippen LogP contribution in [0.3, 0.4) is 0 Å². The second kappa shape index (κ2) is 5.51. The molecule has 0 saturated heterocycles. The highest BCUT2D eigenvalue weighted by atomic mass is 35.5. The number of nitrogens with one attached hydrogen (secondary N) is 1. The minimum atomic E-state index is -0.730. The molecule has 0 spiro atoms. The van der Waals surface area contributed by atoms with Gasteiger partial charge in [-0.15, -0.1) is 6.42 Å². The van der Waals surface area contributed by atoms with E-state index in [0.29, 0.717) is 6.42 Å². The number of rotatable bonds is 4. The predicted molar refractivity (Wildman–Crippen MR) is 64.6 cm³/mol. The first-order chi connectivity index (χ1) is 7.99. The molecule has 4 nitrogen and oxygen atoms in total.